The number of aliphatic hydroxyl groups is 2. The molecule has 0 radical (unpaired) electrons. The minimum absolute atomic E-state index is 0.0118. The minimum Gasteiger partial charge on any atom is -0.481 e. The summed E-state index contributed by atoms with van der Waals surface area (Å²) in [5.41, 5.74) is 0. The van der Waals surface area contributed by atoms with Crippen molar-refractivity contribution in [2.75, 3.05) is 0 Å². The Hall–Kier alpha value is -1.20. The van der Waals surface area contributed by atoms with Gasteiger partial charge in [0, 0.05) is 18.8 Å². The number of unbranched alkanes of at least 4 members (excludes halogenated alkanes) is 3. The van der Waals surface area contributed by atoms with Crippen molar-refractivity contribution in [3.05, 3.63) is 12.2 Å². The van der Waals surface area contributed by atoms with E-state index in [1.54, 1.807) is 12.2 Å². The summed E-state index contributed by atoms with van der Waals surface area (Å²) in [7, 11) is 0. The normalized spacial score (nSPS) is 26.0. The maximum Gasteiger partial charge on any atom is 0.303 e. The first-order valence-electron chi connectivity index (χ1n) is 8.74. The van der Waals surface area contributed by atoms with Crippen molar-refractivity contribution in [1.29, 1.82) is 0 Å². The number of carbonyl (C=O) groups excluding carboxylic acids is 1. The third kappa shape index (κ3) is 7.27. The molecule has 132 valence electrons. The molecule has 0 spiro atoms. The number of carbonyl (C=O) groups is 2. The number of allylic oxidation sites excluding steroid dienone is 1. The zero-order chi connectivity index (χ0) is 17.2. The van der Waals surface area contributed by atoms with Crippen LogP contribution in [0.5, 0.6) is 0 Å². The Morgan fingerprint density at radius 1 is 1.30 bits per heavy atom. The second kappa shape index (κ2) is 10.6. The molecule has 23 heavy (non-hydrogen) atoms. The Bertz CT molecular complexity index is 404. The first-order valence-corrected chi connectivity index (χ1v) is 8.74. The molecular weight excluding hydrogens is 296 g/mol. The molecule has 1 saturated carbocycles. The van der Waals surface area contributed by atoms with Gasteiger partial charge in [0.2, 0.25) is 0 Å². The summed E-state index contributed by atoms with van der Waals surface area (Å²) < 4.78 is 0. The van der Waals surface area contributed by atoms with Gasteiger partial charge >= 0.3 is 5.97 Å². The van der Waals surface area contributed by atoms with E-state index in [9.17, 15) is 19.8 Å². The van der Waals surface area contributed by atoms with Gasteiger partial charge in [-0.3, -0.25) is 9.59 Å². The van der Waals surface area contributed by atoms with E-state index in [4.69, 9.17) is 5.11 Å². The van der Waals surface area contributed by atoms with Gasteiger partial charge in [-0.05, 0) is 25.2 Å². The van der Waals surface area contributed by atoms with Crippen LogP contribution in [0.2, 0.25) is 0 Å². The van der Waals surface area contributed by atoms with Gasteiger partial charge in [0.1, 0.15) is 5.78 Å². The average Bonchev–Trinajstić information content (AvgIpc) is 2.75. The molecule has 0 amide bonds. The minimum atomic E-state index is -0.820. The number of Topliss-reactive ketones (excluding diaryl/α,β-unsaturated/α-hetero) is 1. The highest BCUT2D eigenvalue weighted by atomic mass is 16.4. The summed E-state index contributed by atoms with van der Waals surface area (Å²) >= 11 is 0. The number of hydrogen-bond acceptors (Lipinski definition) is 4. The number of rotatable bonds is 11. The highest BCUT2D eigenvalue weighted by molar-refractivity contribution is 5.85. The molecule has 0 saturated heterocycles. The number of carboxylic acids is 1. The fourth-order valence-corrected chi connectivity index (χ4v) is 3.20. The molecule has 0 heterocycles. The molecule has 4 atom stereocenters. The van der Waals surface area contributed by atoms with Crippen LogP contribution in [0.3, 0.4) is 0 Å². The highest BCUT2D eigenvalue weighted by Crippen LogP contribution is 2.34. The molecule has 0 bridgehead atoms. The van der Waals surface area contributed by atoms with Crippen molar-refractivity contribution < 1.29 is 24.9 Å². The van der Waals surface area contributed by atoms with Crippen molar-refractivity contribution in [2.45, 2.75) is 76.9 Å². The largest absolute Gasteiger partial charge is 0.481 e. The van der Waals surface area contributed by atoms with Gasteiger partial charge in [-0.1, -0.05) is 44.8 Å². The van der Waals surface area contributed by atoms with Crippen molar-refractivity contribution >= 4 is 11.8 Å². The number of aliphatic hydroxyl groups excluding tert-OH is 2. The van der Waals surface area contributed by atoms with E-state index in [1.165, 1.54) is 0 Å². The van der Waals surface area contributed by atoms with Gasteiger partial charge in [0.05, 0.1) is 12.2 Å². The molecule has 3 N–H and O–H groups in total. The van der Waals surface area contributed by atoms with Crippen LogP contribution in [-0.2, 0) is 9.59 Å². The van der Waals surface area contributed by atoms with Gasteiger partial charge in [-0.25, -0.2) is 0 Å². The molecule has 0 aliphatic heterocycles. The zero-order valence-electron chi connectivity index (χ0n) is 14.0. The summed E-state index contributed by atoms with van der Waals surface area (Å²) in [4.78, 5) is 22.5. The fraction of sp³-hybridized carbons (Fsp3) is 0.778. The van der Waals surface area contributed by atoms with E-state index in [0.717, 1.165) is 19.3 Å². The standard InChI is InChI=1S/C18H30O5/c1-2-3-4-7-13(19)10-11-15-14(16(20)12-17(15)21)8-5-6-9-18(22)23/h10-11,13-16,19-20H,2-9,12H2,1H3,(H,22,23)/b11-10+/t13-,14+,15+,16-/m0/s1. The van der Waals surface area contributed by atoms with Gasteiger partial charge < -0.3 is 15.3 Å². The van der Waals surface area contributed by atoms with E-state index in [1.807, 2.05) is 0 Å². The van der Waals surface area contributed by atoms with Gasteiger partial charge in [-0.2, -0.15) is 0 Å². The predicted molar refractivity (Wildman–Crippen MR) is 88.0 cm³/mol. The monoisotopic (exact) mass is 326 g/mol. The van der Waals surface area contributed by atoms with Crippen LogP contribution < -0.4 is 0 Å². The first-order chi connectivity index (χ1) is 11.0. The third-order valence-corrected chi connectivity index (χ3v) is 4.56. The van der Waals surface area contributed by atoms with Gasteiger partial charge in [0.15, 0.2) is 0 Å². The molecule has 1 fully saturated rings. The van der Waals surface area contributed by atoms with Crippen molar-refractivity contribution in [3.8, 4) is 0 Å². The Labute approximate surface area is 138 Å². The van der Waals surface area contributed by atoms with E-state index in [0.29, 0.717) is 25.7 Å². The van der Waals surface area contributed by atoms with E-state index < -0.39 is 18.2 Å². The summed E-state index contributed by atoms with van der Waals surface area (Å²) in [6.45, 7) is 2.11. The van der Waals surface area contributed by atoms with Gasteiger partial charge in [-0.15, -0.1) is 0 Å². The topological polar surface area (TPSA) is 94.8 Å². The second-order valence-electron chi connectivity index (χ2n) is 6.51. The molecule has 1 aliphatic carbocycles. The van der Waals surface area contributed by atoms with Crippen molar-refractivity contribution in [3.63, 3.8) is 0 Å². The zero-order valence-corrected chi connectivity index (χ0v) is 14.0. The molecule has 1 aliphatic rings. The number of ketones is 1. The lowest BCUT2D eigenvalue weighted by Gasteiger charge is -2.18. The maximum atomic E-state index is 12.0. The number of aliphatic carboxylic acids is 1. The Morgan fingerprint density at radius 2 is 2.04 bits per heavy atom. The summed E-state index contributed by atoms with van der Waals surface area (Å²) in [5.74, 6) is -1.32. The Kier molecular flexibility index (Phi) is 9.10. The predicted octanol–water partition coefficient (Wildman–Crippen LogP) is 2.69. The molecule has 0 unspecified atom stereocenters. The van der Waals surface area contributed by atoms with Crippen LogP contribution in [0.15, 0.2) is 12.2 Å². The van der Waals surface area contributed by atoms with Crippen LogP contribution in [0.4, 0.5) is 0 Å². The summed E-state index contributed by atoms with van der Waals surface area (Å²) in [5, 5.41) is 28.6. The van der Waals surface area contributed by atoms with E-state index in [-0.39, 0.29) is 30.5 Å². The lowest BCUT2D eigenvalue weighted by Crippen LogP contribution is -2.19. The SMILES string of the molecule is CCCCC[C@H](O)/C=C/[C@H]1C(=O)C[C@H](O)[C@@H]1CCCCC(=O)O. The van der Waals surface area contributed by atoms with E-state index in [2.05, 4.69) is 6.92 Å². The molecule has 0 aromatic rings. The van der Waals surface area contributed by atoms with Crippen LogP contribution in [0.1, 0.15) is 64.7 Å². The molecule has 1 rings (SSSR count). The quantitative estimate of drug-likeness (QED) is 0.401. The molecule has 0 aromatic carbocycles. The lowest BCUT2D eigenvalue weighted by atomic mass is 9.88. The average molecular weight is 326 g/mol. The second-order valence-corrected chi connectivity index (χ2v) is 6.51. The fourth-order valence-electron chi connectivity index (χ4n) is 3.20. The van der Waals surface area contributed by atoms with Crippen LogP contribution in [0.25, 0.3) is 0 Å². The summed E-state index contributed by atoms with van der Waals surface area (Å²) in [6.07, 6.45) is 8.22. The van der Waals surface area contributed by atoms with Crippen LogP contribution in [-0.4, -0.2) is 39.3 Å². The van der Waals surface area contributed by atoms with Crippen LogP contribution in [0, 0.1) is 11.8 Å². The van der Waals surface area contributed by atoms with E-state index >= 15 is 0 Å². The highest BCUT2D eigenvalue weighted by Gasteiger charge is 2.39. The smallest absolute Gasteiger partial charge is 0.303 e. The molecular formula is C18H30O5. The van der Waals surface area contributed by atoms with Gasteiger partial charge in [0.25, 0.3) is 0 Å². The van der Waals surface area contributed by atoms with Crippen molar-refractivity contribution in [1.82, 2.24) is 0 Å². The lowest BCUT2D eigenvalue weighted by molar-refractivity contribution is -0.137. The number of carboxylic acid groups (broad SMARTS) is 1. The summed E-state index contributed by atoms with van der Waals surface area (Å²) in [6, 6.07) is 0. The third-order valence-electron chi connectivity index (χ3n) is 4.56. The Morgan fingerprint density at radius 3 is 2.70 bits per heavy atom. The Balaban J connectivity index is 2.48. The molecule has 5 heteroatoms. The first kappa shape index (κ1) is 19.8. The van der Waals surface area contributed by atoms with Crippen molar-refractivity contribution in [2.24, 2.45) is 11.8 Å². The maximum absolute atomic E-state index is 12.0. The number of hydrogen-bond donors (Lipinski definition) is 3. The molecule has 5 nitrogen and oxygen atoms in total. The molecule has 0 aromatic heterocycles. The van der Waals surface area contributed by atoms with Crippen LogP contribution >= 0.6 is 0 Å².